The smallest absolute Gasteiger partial charge is 0.420 e. The number of alkyl halides is 3. The lowest BCUT2D eigenvalue weighted by atomic mass is 9.86. The largest absolute Gasteiger partial charge is 0.455 e. The minimum Gasteiger partial charge on any atom is -0.455 e. The van der Waals surface area contributed by atoms with Crippen molar-refractivity contribution in [2.45, 2.75) is 44.6 Å². The Morgan fingerprint density at radius 1 is 1.29 bits per heavy atom. The van der Waals surface area contributed by atoms with Gasteiger partial charge in [-0.15, -0.1) is 0 Å². The summed E-state index contributed by atoms with van der Waals surface area (Å²) in [6.07, 6.45) is 1.20. The second-order valence-electron chi connectivity index (χ2n) is 8.31. The Balaban J connectivity index is 1.49. The van der Waals surface area contributed by atoms with Crippen molar-refractivity contribution in [3.8, 4) is 11.3 Å². The van der Waals surface area contributed by atoms with Crippen molar-refractivity contribution >= 4 is 5.91 Å². The molecule has 1 aliphatic heterocycles. The van der Waals surface area contributed by atoms with Crippen LogP contribution in [-0.4, -0.2) is 51.6 Å². The van der Waals surface area contributed by atoms with E-state index in [1.165, 1.54) is 18.6 Å². The van der Waals surface area contributed by atoms with Gasteiger partial charge < -0.3 is 19.2 Å². The van der Waals surface area contributed by atoms with Gasteiger partial charge in [-0.25, -0.2) is 0 Å². The maximum absolute atomic E-state index is 14.2. The van der Waals surface area contributed by atoms with Gasteiger partial charge >= 0.3 is 6.18 Å². The molecule has 4 heterocycles. The number of nitrogens with zero attached hydrogens (tertiary/aromatic N) is 4. The number of furan rings is 1. The van der Waals surface area contributed by atoms with Crippen LogP contribution in [0.4, 0.5) is 13.2 Å². The van der Waals surface area contributed by atoms with Gasteiger partial charge in [0.1, 0.15) is 17.4 Å². The first-order valence-electron chi connectivity index (χ1n) is 10.8. The summed E-state index contributed by atoms with van der Waals surface area (Å²) in [4.78, 5) is 20.6. The van der Waals surface area contributed by atoms with E-state index in [1.54, 1.807) is 10.9 Å². The molecule has 0 saturated carbocycles. The number of fused-ring (bicyclic) bond motifs is 3. The van der Waals surface area contributed by atoms with Crippen molar-refractivity contribution in [3.63, 3.8) is 0 Å². The van der Waals surface area contributed by atoms with E-state index in [9.17, 15) is 18.0 Å². The fourth-order valence-corrected chi connectivity index (χ4v) is 4.30. The maximum atomic E-state index is 14.2. The number of ether oxygens (including phenoxy) is 2. The molecule has 0 bridgehead atoms. The van der Waals surface area contributed by atoms with Crippen LogP contribution in [0, 0.1) is 0 Å². The van der Waals surface area contributed by atoms with Crippen LogP contribution in [0.5, 0.6) is 0 Å². The first kappa shape index (κ1) is 22.5. The molecular formula is C22H22F3N5O4. The van der Waals surface area contributed by atoms with Gasteiger partial charge in [0.15, 0.2) is 0 Å². The quantitative estimate of drug-likeness (QED) is 0.603. The molecule has 180 valence electrons. The third kappa shape index (κ3) is 4.30. The summed E-state index contributed by atoms with van der Waals surface area (Å²) in [6.45, 7) is 3.50. The minimum atomic E-state index is -4.82. The number of amides is 1. The standard InChI is InChI=1S/C22H22F3N5O4/c1-12-6-16-17(19-15(12)10-30(29-19)9-14-11-32-4-5-33-14)18(22(23,24)25)20(34-16)21(31)28-8-13-7-26-2-3-27-13/h2-3,7,10,12,14H,4-6,8-9,11H2,1H3,(H,28,31)/t12?,14-/m0/s1. The number of carbonyl (C=O) groups excluding carboxylic acids is 1. The van der Waals surface area contributed by atoms with Crippen molar-refractivity contribution in [1.82, 2.24) is 25.1 Å². The van der Waals surface area contributed by atoms with Gasteiger partial charge in [-0.1, -0.05) is 6.92 Å². The fourth-order valence-electron chi connectivity index (χ4n) is 4.30. The highest BCUT2D eigenvalue weighted by atomic mass is 19.4. The predicted molar refractivity (Wildman–Crippen MR) is 111 cm³/mol. The number of carbonyl (C=O) groups is 1. The van der Waals surface area contributed by atoms with Gasteiger partial charge in [0.05, 0.1) is 56.1 Å². The van der Waals surface area contributed by atoms with E-state index in [1.807, 2.05) is 6.92 Å². The lowest BCUT2D eigenvalue weighted by molar-refractivity contribution is -0.137. The summed E-state index contributed by atoms with van der Waals surface area (Å²) < 4.78 is 60.8. The Morgan fingerprint density at radius 3 is 2.85 bits per heavy atom. The Kier molecular flexibility index (Phi) is 5.86. The second-order valence-corrected chi connectivity index (χ2v) is 8.31. The molecule has 2 aliphatic rings. The predicted octanol–water partition coefficient (Wildman–Crippen LogP) is 2.96. The van der Waals surface area contributed by atoms with Crippen LogP contribution in [0.2, 0.25) is 0 Å². The zero-order valence-electron chi connectivity index (χ0n) is 18.3. The Labute approximate surface area is 192 Å². The number of aromatic nitrogens is 4. The average molecular weight is 477 g/mol. The van der Waals surface area contributed by atoms with E-state index < -0.39 is 23.4 Å². The topological polar surface area (TPSA) is 104 Å². The van der Waals surface area contributed by atoms with Crippen LogP contribution >= 0.6 is 0 Å². The van der Waals surface area contributed by atoms with Gasteiger partial charge in [-0.2, -0.15) is 18.3 Å². The molecule has 3 aromatic rings. The molecule has 0 aromatic carbocycles. The number of halogens is 3. The number of nitrogens with one attached hydrogen (secondary N) is 1. The van der Waals surface area contributed by atoms with Crippen molar-refractivity contribution in [2.75, 3.05) is 19.8 Å². The molecule has 1 aliphatic carbocycles. The highest BCUT2D eigenvalue weighted by Gasteiger charge is 2.46. The van der Waals surface area contributed by atoms with Crippen LogP contribution in [0.1, 0.15) is 46.0 Å². The summed E-state index contributed by atoms with van der Waals surface area (Å²) in [5.41, 5.74) is -0.0412. The molecule has 3 aromatic heterocycles. The van der Waals surface area contributed by atoms with Gasteiger partial charge in [0.2, 0.25) is 5.76 Å². The highest BCUT2D eigenvalue weighted by Crippen LogP contribution is 2.48. The zero-order valence-corrected chi connectivity index (χ0v) is 18.3. The molecule has 0 spiro atoms. The fraction of sp³-hybridized carbons (Fsp3) is 0.455. The van der Waals surface area contributed by atoms with Crippen molar-refractivity contribution < 1.29 is 31.9 Å². The SMILES string of the molecule is CC1Cc2oc(C(=O)NCc3cnccn3)c(C(F)(F)F)c2-c2nn(C[C@H]3COCCO3)cc21. The summed E-state index contributed by atoms with van der Waals surface area (Å²) >= 11 is 0. The van der Waals surface area contributed by atoms with Crippen LogP contribution < -0.4 is 5.32 Å². The molecule has 1 saturated heterocycles. The lowest BCUT2D eigenvalue weighted by Crippen LogP contribution is -2.32. The summed E-state index contributed by atoms with van der Waals surface area (Å²) in [5, 5.41) is 6.89. The van der Waals surface area contributed by atoms with Gasteiger partial charge in [0, 0.05) is 30.6 Å². The molecule has 12 heteroatoms. The van der Waals surface area contributed by atoms with Gasteiger partial charge in [0.25, 0.3) is 5.91 Å². The molecule has 34 heavy (non-hydrogen) atoms. The first-order chi connectivity index (χ1) is 16.3. The minimum absolute atomic E-state index is 0.0882. The molecule has 1 amide bonds. The molecule has 5 rings (SSSR count). The highest BCUT2D eigenvalue weighted by molar-refractivity contribution is 5.96. The van der Waals surface area contributed by atoms with E-state index >= 15 is 0 Å². The Morgan fingerprint density at radius 2 is 2.15 bits per heavy atom. The van der Waals surface area contributed by atoms with E-state index in [4.69, 9.17) is 13.9 Å². The van der Waals surface area contributed by atoms with Gasteiger partial charge in [-0.05, 0) is 5.92 Å². The molecule has 1 N–H and O–H groups in total. The van der Waals surface area contributed by atoms with Crippen molar-refractivity contribution in [1.29, 1.82) is 0 Å². The van der Waals surface area contributed by atoms with E-state index in [2.05, 4.69) is 20.4 Å². The second kappa shape index (κ2) is 8.84. The summed E-state index contributed by atoms with van der Waals surface area (Å²) in [5.74, 6) is -1.80. The Hall–Kier alpha value is -3.25. The lowest BCUT2D eigenvalue weighted by Gasteiger charge is -2.22. The monoisotopic (exact) mass is 477 g/mol. The van der Waals surface area contributed by atoms with Crippen LogP contribution in [0.25, 0.3) is 11.3 Å². The molecule has 9 nitrogen and oxygen atoms in total. The van der Waals surface area contributed by atoms with Crippen molar-refractivity contribution in [3.05, 3.63) is 53.1 Å². The molecule has 0 radical (unpaired) electrons. The van der Waals surface area contributed by atoms with Crippen LogP contribution in [0.3, 0.4) is 0 Å². The molecular weight excluding hydrogens is 455 g/mol. The van der Waals surface area contributed by atoms with Gasteiger partial charge in [-0.3, -0.25) is 19.4 Å². The first-order valence-corrected chi connectivity index (χ1v) is 10.8. The third-order valence-corrected chi connectivity index (χ3v) is 5.84. The average Bonchev–Trinajstić information content (AvgIpc) is 3.41. The van der Waals surface area contributed by atoms with E-state index in [-0.39, 0.29) is 42.0 Å². The molecule has 1 unspecified atom stereocenters. The van der Waals surface area contributed by atoms with Crippen LogP contribution in [-0.2, 0) is 35.2 Å². The summed E-state index contributed by atoms with van der Waals surface area (Å²) in [6, 6.07) is 0. The number of rotatable bonds is 5. The molecule has 1 fully saturated rings. The maximum Gasteiger partial charge on any atom is 0.420 e. The van der Waals surface area contributed by atoms with Crippen LogP contribution in [0.15, 0.2) is 29.2 Å². The van der Waals surface area contributed by atoms with E-state index in [0.29, 0.717) is 37.6 Å². The summed E-state index contributed by atoms with van der Waals surface area (Å²) in [7, 11) is 0. The Bertz CT molecular complexity index is 1190. The number of hydrogen-bond acceptors (Lipinski definition) is 7. The number of hydrogen-bond donors (Lipinski definition) is 1. The normalized spacial score (nSPS) is 20.0. The van der Waals surface area contributed by atoms with Crippen molar-refractivity contribution in [2.24, 2.45) is 0 Å². The zero-order chi connectivity index (χ0) is 23.9. The third-order valence-electron chi connectivity index (χ3n) is 5.84. The van der Waals surface area contributed by atoms with E-state index in [0.717, 1.165) is 0 Å². The molecule has 2 atom stereocenters.